The maximum Gasteiger partial charge on any atom is 0.289 e. The summed E-state index contributed by atoms with van der Waals surface area (Å²) in [6.07, 6.45) is 2.98. The highest BCUT2D eigenvalue weighted by Crippen LogP contribution is 2.29. The Morgan fingerprint density at radius 3 is 2.90 bits per heavy atom. The number of hydrogen-bond acceptors (Lipinski definition) is 5. The largest absolute Gasteiger partial charge is 0.358 e. The number of benzene rings is 1. The van der Waals surface area contributed by atoms with Gasteiger partial charge in [0.1, 0.15) is 6.07 Å². The maximum atomic E-state index is 12.3. The number of nitrogens with zero attached hydrogens (tertiary/aromatic N) is 2. The number of para-hydroxylation sites is 1. The van der Waals surface area contributed by atoms with Crippen LogP contribution in [0.5, 0.6) is 0 Å². The van der Waals surface area contributed by atoms with Crippen LogP contribution in [0.3, 0.4) is 0 Å². The molecule has 0 aliphatic carbocycles. The molecule has 0 aliphatic rings. The first-order chi connectivity index (χ1) is 10.0. The predicted octanol–water partition coefficient (Wildman–Crippen LogP) is 3.06. The van der Waals surface area contributed by atoms with E-state index in [9.17, 15) is 8.42 Å². The molecule has 0 atom stereocenters. The summed E-state index contributed by atoms with van der Waals surface area (Å²) >= 11 is 4.21. The van der Waals surface area contributed by atoms with Gasteiger partial charge in [-0.15, -0.1) is 0 Å². The van der Waals surface area contributed by atoms with Gasteiger partial charge in [-0.25, -0.2) is 4.98 Å². The molecule has 0 radical (unpaired) electrons. The summed E-state index contributed by atoms with van der Waals surface area (Å²) in [7, 11) is -3.76. The minimum atomic E-state index is -3.76. The summed E-state index contributed by atoms with van der Waals surface area (Å²) in [5.74, 6) is 0. The van der Waals surface area contributed by atoms with Gasteiger partial charge in [-0.1, -0.05) is 23.5 Å². The molecule has 0 aliphatic heterocycles. The molecule has 2 N–H and O–H groups in total. The number of anilines is 1. The van der Waals surface area contributed by atoms with Crippen molar-refractivity contribution in [3.05, 3.63) is 39.9 Å². The molecule has 106 valence electrons. The molecule has 0 saturated carbocycles. The van der Waals surface area contributed by atoms with E-state index in [1.165, 1.54) is 6.20 Å². The fourth-order valence-corrected chi connectivity index (χ4v) is 4.72. The lowest BCUT2D eigenvalue weighted by Crippen LogP contribution is -2.12. The van der Waals surface area contributed by atoms with E-state index < -0.39 is 10.0 Å². The van der Waals surface area contributed by atoms with Crippen LogP contribution >= 0.6 is 27.3 Å². The summed E-state index contributed by atoms with van der Waals surface area (Å²) in [5, 5.41) is 9.67. The van der Waals surface area contributed by atoms with E-state index in [1.807, 2.05) is 0 Å². The number of aromatic nitrogens is 2. The van der Waals surface area contributed by atoms with E-state index in [4.69, 9.17) is 5.26 Å². The second kappa shape index (κ2) is 5.14. The van der Waals surface area contributed by atoms with Gasteiger partial charge in [-0.2, -0.15) is 13.7 Å². The monoisotopic (exact) mass is 382 g/mol. The number of hydrogen-bond donors (Lipinski definition) is 2. The number of rotatable bonds is 3. The molecule has 9 heteroatoms. The van der Waals surface area contributed by atoms with Crippen LogP contribution in [0, 0.1) is 11.3 Å². The summed E-state index contributed by atoms with van der Waals surface area (Å²) in [4.78, 5) is 6.75. The average Bonchev–Trinajstić information content (AvgIpc) is 3.05. The van der Waals surface area contributed by atoms with Gasteiger partial charge in [-0.05, 0) is 22.0 Å². The van der Waals surface area contributed by atoms with Gasteiger partial charge in [0.05, 0.1) is 26.8 Å². The van der Waals surface area contributed by atoms with Gasteiger partial charge in [-0.3, -0.25) is 4.72 Å². The highest BCUT2D eigenvalue weighted by atomic mass is 79.9. The molecular weight excluding hydrogens is 376 g/mol. The van der Waals surface area contributed by atoms with Gasteiger partial charge >= 0.3 is 0 Å². The smallest absolute Gasteiger partial charge is 0.289 e. The zero-order valence-electron chi connectivity index (χ0n) is 10.3. The van der Waals surface area contributed by atoms with Crippen LogP contribution in [-0.2, 0) is 10.0 Å². The molecular formula is C12H7BrN4O2S2. The Morgan fingerprint density at radius 2 is 2.24 bits per heavy atom. The van der Waals surface area contributed by atoms with E-state index in [1.54, 1.807) is 24.4 Å². The minimum Gasteiger partial charge on any atom is -0.358 e. The molecule has 0 bridgehead atoms. The third kappa shape index (κ3) is 2.53. The SMILES string of the molecule is N#Cc1c[nH]c2c(NS(=O)(=O)c3ncc(Br)s3)cccc12. The number of fused-ring (bicyclic) bond motifs is 1. The Bertz CT molecular complexity index is 969. The molecule has 6 nitrogen and oxygen atoms in total. The number of halogens is 1. The Kier molecular flexibility index (Phi) is 3.44. The molecule has 0 amide bonds. The van der Waals surface area contributed by atoms with Crippen molar-refractivity contribution in [1.82, 2.24) is 9.97 Å². The number of nitrogens with one attached hydrogen (secondary N) is 2. The quantitative estimate of drug-likeness (QED) is 0.726. The van der Waals surface area contributed by atoms with Crippen LogP contribution in [0.4, 0.5) is 5.69 Å². The van der Waals surface area contributed by atoms with Gasteiger partial charge < -0.3 is 4.98 Å². The zero-order chi connectivity index (χ0) is 15.0. The van der Waals surface area contributed by atoms with Crippen LogP contribution in [0.25, 0.3) is 10.9 Å². The molecule has 21 heavy (non-hydrogen) atoms. The summed E-state index contributed by atoms with van der Waals surface area (Å²) in [6, 6.07) is 7.11. The minimum absolute atomic E-state index is 0.0292. The van der Waals surface area contributed by atoms with Crippen molar-refractivity contribution in [3.63, 3.8) is 0 Å². The van der Waals surface area contributed by atoms with Gasteiger partial charge in [0, 0.05) is 11.6 Å². The Hall–Kier alpha value is -1.89. The Morgan fingerprint density at radius 1 is 1.43 bits per heavy atom. The van der Waals surface area contributed by atoms with Crippen LogP contribution < -0.4 is 4.72 Å². The molecule has 0 saturated heterocycles. The van der Waals surface area contributed by atoms with Crippen molar-refractivity contribution in [2.45, 2.75) is 4.34 Å². The van der Waals surface area contributed by atoms with Gasteiger partial charge in [0.2, 0.25) is 4.34 Å². The Balaban J connectivity index is 2.06. The second-order valence-electron chi connectivity index (χ2n) is 4.08. The molecule has 0 unspecified atom stereocenters. The Labute approximate surface area is 132 Å². The maximum absolute atomic E-state index is 12.3. The van der Waals surface area contributed by atoms with Crippen LogP contribution in [0.15, 0.2) is 38.7 Å². The molecule has 2 heterocycles. The van der Waals surface area contributed by atoms with E-state index >= 15 is 0 Å². The average molecular weight is 383 g/mol. The normalized spacial score (nSPS) is 11.4. The van der Waals surface area contributed by atoms with E-state index in [-0.39, 0.29) is 4.34 Å². The third-order valence-electron chi connectivity index (χ3n) is 2.77. The molecule has 3 rings (SSSR count). The first-order valence-corrected chi connectivity index (χ1v) is 8.75. The molecule has 3 aromatic rings. The third-order valence-corrected chi connectivity index (χ3v) is 6.00. The van der Waals surface area contributed by atoms with E-state index in [0.717, 1.165) is 11.3 Å². The van der Waals surface area contributed by atoms with Crippen molar-refractivity contribution in [1.29, 1.82) is 5.26 Å². The highest BCUT2D eigenvalue weighted by Gasteiger charge is 2.20. The lowest BCUT2D eigenvalue weighted by Gasteiger charge is -2.06. The molecule has 0 fully saturated rings. The van der Waals surface area contributed by atoms with Crippen molar-refractivity contribution < 1.29 is 8.42 Å². The first-order valence-electron chi connectivity index (χ1n) is 5.65. The van der Waals surface area contributed by atoms with Crippen LogP contribution in [0.1, 0.15) is 5.56 Å². The molecule has 1 aromatic carbocycles. The van der Waals surface area contributed by atoms with Crippen molar-refractivity contribution in [2.24, 2.45) is 0 Å². The van der Waals surface area contributed by atoms with Crippen LogP contribution in [-0.4, -0.2) is 18.4 Å². The number of nitriles is 1. The zero-order valence-corrected chi connectivity index (χ0v) is 13.5. The fourth-order valence-electron chi connectivity index (χ4n) is 1.88. The number of sulfonamides is 1. The lowest BCUT2D eigenvalue weighted by atomic mass is 10.2. The van der Waals surface area contributed by atoms with Gasteiger partial charge in [0.15, 0.2) is 0 Å². The fraction of sp³-hybridized carbons (Fsp3) is 0. The lowest BCUT2D eigenvalue weighted by molar-refractivity contribution is 0.600. The van der Waals surface area contributed by atoms with Crippen LogP contribution in [0.2, 0.25) is 0 Å². The first kappa shape index (κ1) is 14.1. The van der Waals surface area contributed by atoms with E-state index in [0.29, 0.717) is 25.9 Å². The van der Waals surface area contributed by atoms with Crippen molar-refractivity contribution in [3.8, 4) is 6.07 Å². The van der Waals surface area contributed by atoms with E-state index in [2.05, 4.69) is 36.7 Å². The number of aromatic amines is 1. The number of H-pyrrole nitrogens is 1. The van der Waals surface area contributed by atoms with Crippen molar-refractivity contribution >= 4 is 53.9 Å². The van der Waals surface area contributed by atoms with Crippen molar-refractivity contribution in [2.75, 3.05) is 4.72 Å². The topological polar surface area (TPSA) is 98.6 Å². The highest BCUT2D eigenvalue weighted by molar-refractivity contribution is 9.11. The standard InChI is InChI=1S/C12H7BrN4O2S2/c13-10-6-16-12(20-10)21(18,19)17-9-3-1-2-8-7(4-14)5-15-11(8)9/h1-3,5-6,15,17H. The predicted molar refractivity (Wildman–Crippen MR) is 83.6 cm³/mol. The summed E-state index contributed by atoms with van der Waals surface area (Å²) < 4.78 is 27.6. The molecule has 2 aromatic heterocycles. The second-order valence-corrected chi connectivity index (χ2v) is 8.34. The summed E-state index contributed by atoms with van der Waals surface area (Å²) in [5.41, 5.74) is 1.40. The number of thiazole rings is 1. The summed E-state index contributed by atoms with van der Waals surface area (Å²) in [6.45, 7) is 0. The molecule has 0 spiro atoms. The van der Waals surface area contributed by atoms with Gasteiger partial charge in [0.25, 0.3) is 10.0 Å².